The minimum atomic E-state index is 0.0758. The molecule has 1 unspecified atom stereocenters. The van der Waals surface area contributed by atoms with E-state index >= 15 is 0 Å². The predicted molar refractivity (Wildman–Crippen MR) is 76.8 cm³/mol. The summed E-state index contributed by atoms with van der Waals surface area (Å²) in [5, 5.41) is 2.13. The van der Waals surface area contributed by atoms with Crippen LogP contribution in [0.1, 0.15) is 55.8 Å². The fraction of sp³-hybridized carbons (Fsp3) is 0.500. The molecule has 2 atom stereocenters. The van der Waals surface area contributed by atoms with E-state index in [0.717, 1.165) is 25.0 Å². The Bertz CT molecular complexity index is 461. The minimum absolute atomic E-state index is 0.0758. The fourth-order valence-electron chi connectivity index (χ4n) is 2.24. The summed E-state index contributed by atoms with van der Waals surface area (Å²) < 4.78 is 2.25. The van der Waals surface area contributed by atoms with Crippen LogP contribution < -0.4 is 5.73 Å². The third-order valence-electron chi connectivity index (χ3n) is 3.29. The number of hydrogen-bond acceptors (Lipinski definition) is 3. The van der Waals surface area contributed by atoms with Gasteiger partial charge in [-0.15, -0.1) is 11.3 Å². The van der Waals surface area contributed by atoms with Gasteiger partial charge in [0.2, 0.25) is 0 Å². The van der Waals surface area contributed by atoms with Crippen molar-refractivity contribution in [3.05, 3.63) is 40.6 Å². The first-order valence-electron chi connectivity index (χ1n) is 6.58. The number of aromatic nitrogens is 2. The van der Waals surface area contributed by atoms with E-state index < -0.39 is 0 Å². The average Bonchev–Trinajstić information content (AvgIpc) is 3.05. The average molecular weight is 263 g/mol. The van der Waals surface area contributed by atoms with Crippen LogP contribution in [0.25, 0.3) is 0 Å². The van der Waals surface area contributed by atoms with Crippen LogP contribution in [0.15, 0.2) is 30.0 Å². The lowest BCUT2D eigenvalue weighted by Crippen LogP contribution is -2.18. The van der Waals surface area contributed by atoms with Crippen LogP contribution in [0.2, 0.25) is 0 Å². The van der Waals surface area contributed by atoms with E-state index in [1.54, 1.807) is 0 Å². The van der Waals surface area contributed by atoms with Crippen LogP contribution in [-0.2, 0) is 0 Å². The molecule has 0 saturated heterocycles. The van der Waals surface area contributed by atoms with Gasteiger partial charge in [-0.25, -0.2) is 4.98 Å². The summed E-state index contributed by atoms with van der Waals surface area (Å²) in [6.45, 7) is 4.33. The van der Waals surface area contributed by atoms with E-state index in [4.69, 9.17) is 5.73 Å². The first-order chi connectivity index (χ1) is 8.77. The molecule has 2 aromatic rings. The van der Waals surface area contributed by atoms with Crippen molar-refractivity contribution in [1.29, 1.82) is 0 Å². The van der Waals surface area contributed by atoms with Crippen molar-refractivity contribution < 1.29 is 0 Å². The standard InChI is InChI=1S/C14H21N3S/c1-3-6-12(14-7-5-8-18-14)17-10-16-9-13(17)11(15)4-2/h5,7-12H,3-4,6,15H2,1-2H3/t11-,12?/m1/s1. The molecule has 0 bridgehead atoms. The molecule has 0 aromatic carbocycles. The predicted octanol–water partition coefficient (Wildman–Crippen LogP) is 3.74. The van der Waals surface area contributed by atoms with Gasteiger partial charge in [-0.2, -0.15) is 0 Å². The molecule has 0 aliphatic heterocycles. The second-order valence-electron chi connectivity index (χ2n) is 4.56. The Morgan fingerprint density at radius 3 is 2.89 bits per heavy atom. The van der Waals surface area contributed by atoms with Gasteiger partial charge in [0.15, 0.2) is 0 Å². The van der Waals surface area contributed by atoms with E-state index in [2.05, 4.69) is 40.9 Å². The van der Waals surface area contributed by atoms with Crippen molar-refractivity contribution in [3.63, 3.8) is 0 Å². The van der Waals surface area contributed by atoms with Crippen molar-refractivity contribution in [2.75, 3.05) is 0 Å². The molecule has 0 aliphatic carbocycles. The number of imidazole rings is 1. The molecule has 0 radical (unpaired) electrons. The summed E-state index contributed by atoms with van der Waals surface area (Å²) in [6, 6.07) is 4.77. The van der Waals surface area contributed by atoms with Gasteiger partial charge >= 0.3 is 0 Å². The smallest absolute Gasteiger partial charge is 0.0954 e. The molecule has 0 aliphatic rings. The lowest BCUT2D eigenvalue weighted by Gasteiger charge is -2.21. The highest BCUT2D eigenvalue weighted by atomic mass is 32.1. The Hall–Kier alpha value is -1.13. The van der Waals surface area contributed by atoms with Crippen molar-refractivity contribution in [1.82, 2.24) is 9.55 Å². The topological polar surface area (TPSA) is 43.8 Å². The molecule has 4 heteroatoms. The van der Waals surface area contributed by atoms with Crippen molar-refractivity contribution in [3.8, 4) is 0 Å². The van der Waals surface area contributed by atoms with E-state index in [-0.39, 0.29) is 6.04 Å². The van der Waals surface area contributed by atoms with Crippen LogP contribution in [0.3, 0.4) is 0 Å². The maximum atomic E-state index is 6.17. The minimum Gasteiger partial charge on any atom is -0.325 e. The van der Waals surface area contributed by atoms with Crippen LogP contribution in [0, 0.1) is 0 Å². The molecule has 0 fully saturated rings. The summed E-state index contributed by atoms with van der Waals surface area (Å²) in [5.74, 6) is 0. The zero-order valence-corrected chi connectivity index (χ0v) is 11.9. The summed E-state index contributed by atoms with van der Waals surface area (Å²) in [7, 11) is 0. The third-order valence-corrected chi connectivity index (χ3v) is 4.26. The van der Waals surface area contributed by atoms with Gasteiger partial charge in [-0.05, 0) is 24.3 Å². The number of nitrogens with two attached hydrogens (primary N) is 1. The molecular weight excluding hydrogens is 242 g/mol. The molecule has 2 rings (SSSR count). The molecule has 2 N–H and O–H groups in total. The van der Waals surface area contributed by atoms with Gasteiger partial charge in [-0.3, -0.25) is 0 Å². The van der Waals surface area contributed by atoms with E-state index in [9.17, 15) is 0 Å². The second kappa shape index (κ2) is 6.16. The zero-order chi connectivity index (χ0) is 13.0. The highest BCUT2D eigenvalue weighted by Crippen LogP contribution is 2.30. The molecule has 18 heavy (non-hydrogen) atoms. The van der Waals surface area contributed by atoms with Crippen molar-refractivity contribution in [2.45, 2.75) is 45.2 Å². The summed E-state index contributed by atoms with van der Waals surface area (Å²) in [5.41, 5.74) is 7.31. The first kappa shape index (κ1) is 13.3. The summed E-state index contributed by atoms with van der Waals surface area (Å²) in [6.07, 6.45) is 7.05. The molecule has 0 spiro atoms. The number of rotatable bonds is 6. The molecule has 2 aromatic heterocycles. The van der Waals surface area contributed by atoms with Gasteiger partial charge in [0.25, 0.3) is 0 Å². The third kappa shape index (κ3) is 2.65. The number of hydrogen-bond donors (Lipinski definition) is 1. The Kier molecular flexibility index (Phi) is 4.55. The Balaban J connectivity index is 2.34. The number of thiophene rings is 1. The largest absolute Gasteiger partial charge is 0.325 e. The molecule has 0 amide bonds. The molecule has 98 valence electrons. The molecular formula is C14H21N3S. The van der Waals surface area contributed by atoms with E-state index in [0.29, 0.717) is 6.04 Å². The van der Waals surface area contributed by atoms with Gasteiger partial charge < -0.3 is 10.3 Å². The van der Waals surface area contributed by atoms with Crippen LogP contribution in [-0.4, -0.2) is 9.55 Å². The quantitative estimate of drug-likeness (QED) is 0.862. The summed E-state index contributed by atoms with van der Waals surface area (Å²) >= 11 is 1.81. The van der Waals surface area contributed by atoms with Crippen molar-refractivity contribution in [2.24, 2.45) is 5.73 Å². The fourth-order valence-corrected chi connectivity index (χ4v) is 3.10. The van der Waals surface area contributed by atoms with E-state index in [1.165, 1.54) is 4.88 Å². The molecule has 2 heterocycles. The lowest BCUT2D eigenvalue weighted by molar-refractivity contribution is 0.500. The Morgan fingerprint density at radius 2 is 2.28 bits per heavy atom. The monoisotopic (exact) mass is 263 g/mol. The highest BCUT2D eigenvalue weighted by molar-refractivity contribution is 7.10. The van der Waals surface area contributed by atoms with Crippen LogP contribution >= 0.6 is 11.3 Å². The van der Waals surface area contributed by atoms with Crippen LogP contribution in [0.4, 0.5) is 0 Å². The van der Waals surface area contributed by atoms with Crippen LogP contribution in [0.5, 0.6) is 0 Å². The Morgan fingerprint density at radius 1 is 1.44 bits per heavy atom. The van der Waals surface area contributed by atoms with Gasteiger partial charge in [0.1, 0.15) is 0 Å². The molecule has 0 saturated carbocycles. The highest BCUT2D eigenvalue weighted by Gasteiger charge is 2.19. The normalized spacial score (nSPS) is 14.6. The maximum absolute atomic E-state index is 6.17. The van der Waals surface area contributed by atoms with Gasteiger partial charge in [0, 0.05) is 17.1 Å². The summed E-state index contributed by atoms with van der Waals surface area (Å²) in [4.78, 5) is 5.68. The lowest BCUT2D eigenvalue weighted by atomic mass is 10.1. The van der Waals surface area contributed by atoms with Crippen molar-refractivity contribution >= 4 is 11.3 Å². The SMILES string of the molecule is CCCC(c1cccs1)n1cncc1[C@H](N)CC. The van der Waals surface area contributed by atoms with E-state index in [1.807, 2.05) is 23.9 Å². The molecule has 3 nitrogen and oxygen atoms in total. The van der Waals surface area contributed by atoms with Gasteiger partial charge in [0.05, 0.1) is 18.1 Å². The zero-order valence-electron chi connectivity index (χ0n) is 11.0. The second-order valence-corrected chi connectivity index (χ2v) is 5.54. The first-order valence-corrected chi connectivity index (χ1v) is 7.46. The Labute approximate surface area is 113 Å². The number of nitrogens with zero attached hydrogens (tertiary/aromatic N) is 2. The van der Waals surface area contributed by atoms with Gasteiger partial charge in [-0.1, -0.05) is 26.3 Å². The maximum Gasteiger partial charge on any atom is 0.0954 e.